The Hall–Kier alpha value is -2.62. The lowest BCUT2D eigenvalue weighted by atomic mass is 9.85. The van der Waals surface area contributed by atoms with Gasteiger partial charge in [-0.3, -0.25) is 4.90 Å². The van der Waals surface area contributed by atoms with E-state index in [1.54, 1.807) is 0 Å². The van der Waals surface area contributed by atoms with Crippen molar-refractivity contribution in [3.8, 4) is 5.75 Å². The van der Waals surface area contributed by atoms with Gasteiger partial charge in [0.05, 0.1) is 0 Å². The first-order valence-corrected chi connectivity index (χ1v) is 13.2. The van der Waals surface area contributed by atoms with E-state index in [2.05, 4.69) is 93.3 Å². The Balaban J connectivity index is 1.84. The van der Waals surface area contributed by atoms with Gasteiger partial charge in [0, 0.05) is 30.2 Å². The van der Waals surface area contributed by atoms with E-state index in [0.29, 0.717) is 25.1 Å². The van der Waals surface area contributed by atoms with Crippen molar-refractivity contribution in [1.82, 2.24) is 4.90 Å². The largest absolute Gasteiger partial charge is 0.489 e. The van der Waals surface area contributed by atoms with Gasteiger partial charge in [-0.1, -0.05) is 79.2 Å². The molecule has 188 valence electrons. The molecule has 0 saturated carbocycles. The standard InChI is InChI=1S/C32H43NO2/c1-25(2)33(26(3)4)21-12-11-17-30(29-15-9-6-10-16-29)31-23-27(20-22-34)18-19-32(31)35-24-28-13-7-5-8-14-28/h5-10,13-16,18-19,23,25-26,30,34H,11-12,17,20-22,24H2,1-4H3/t30-/m1/s1. The van der Waals surface area contributed by atoms with Crippen LogP contribution in [0.15, 0.2) is 78.9 Å². The SMILES string of the molecule is CC(C)N(CCCC[C@H](c1ccccc1)c1cc(CCO)ccc1OCc1ccccc1)C(C)C. The number of nitrogens with zero attached hydrogens (tertiary/aromatic N) is 1. The molecule has 3 nitrogen and oxygen atoms in total. The second-order valence-electron chi connectivity index (χ2n) is 10.0. The van der Waals surface area contributed by atoms with Crippen LogP contribution < -0.4 is 4.74 Å². The van der Waals surface area contributed by atoms with Gasteiger partial charge in [-0.05, 0) is 76.3 Å². The third-order valence-electron chi connectivity index (χ3n) is 6.77. The zero-order valence-electron chi connectivity index (χ0n) is 22.0. The smallest absolute Gasteiger partial charge is 0.123 e. The Labute approximate surface area is 212 Å². The lowest BCUT2D eigenvalue weighted by molar-refractivity contribution is 0.171. The highest BCUT2D eigenvalue weighted by Crippen LogP contribution is 2.37. The predicted molar refractivity (Wildman–Crippen MR) is 147 cm³/mol. The molecule has 0 unspecified atom stereocenters. The van der Waals surface area contributed by atoms with E-state index in [0.717, 1.165) is 36.3 Å². The number of ether oxygens (including phenoxy) is 1. The third kappa shape index (κ3) is 8.23. The second kappa shape index (κ2) is 14.1. The van der Waals surface area contributed by atoms with Crippen molar-refractivity contribution in [2.24, 2.45) is 0 Å². The quantitative estimate of drug-likeness (QED) is 0.251. The van der Waals surface area contributed by atoms with Crippen LogP contribution >= 0.6 is 0 Å². The van der Waals surface area contributed by atoms with Crippen LogP contribution in [-0.2, 0) is 13.0 Å². The first kappa shape index (κ1) is 27.0. The molecule has 3 rings (SSSR count). The number of rotatable bonds is 14. The Morgan fingerprint density at radius 2 is 1.43 bits per heavy atom. The van der Waals surface area contributed by atoms with Crippen molar-refractivity contribution in [3.63, 3.8) is 0 Å². The summed E-state index contributed by atoms with van der Waals surface area (Å²) in [4.78, 5) is 2.58. The van der Waals surface area contributed by atoms with E-state index in [1.165, 1.54) is 17.5 Å². The third-order valence-corrected chi connectivity index (χ3v) is 6.77. The average molecular weight is 474 g/mol. The molecule has 0 amide bonds. The summed E-state index contributed by atoms with van der Waals surface area (Å²) in [7, 11) is 0. The van der Waals surface area contributed by atoms with Crippen LogP contribution in [0.3, 0.4) is 0 Å². The molecule has 0 aliphatic heterocycles. The highest BCUT2D eigenvalue weighted by Gasteiger charge is 2.20. The number of aliphatic hydroxyl groups is 1. The minimum Gasteiger partial charge on any atom is -0.489 e. The first-order valence-electron chi connectivity index (χ1n) is 13.2. The highest BCUT2D eigenvalue weighted by atomic mass is 16.5. The molecule has 0 saturated heterocycles. The Morgan fingerprint density at radius 1 is 0.771 bits per heavy atom. The Kier molecular flexibility index (Phi) is 10.8. The van der Waals surface area contributed by atoms with Crippen molar-refractivity contribution in [2.75, 3.05) is 13.2 Å². The molecule has 1 atom stereocenters. The monoisotopic (exact) mass is 473 g/mol. The van der Waals surface area contributed by atoms with Gasteiger partial charge in [0.2, 0.25) is 0 Å². The fourth-order valence-electron chi connectivity index (χ4n) is 4.96. The summed E-state index contributed by atoms with van der Waals surface area (Å²) in [5.41, 5.74) is 4.86. The van der Waals surface area contributed by atoms with Crippen LogP contribution in [0.4, 0.5) is 0 Å². The summed E-state index contributed by atoms with van der Waals surface area (Å²) in [5, 5.41) is 9.57. The lowest BCUT2D eigenvalue weighted by Gasteiger charge is -2.30. The number of hydrogen-bond donors (Lipinski definition) is 1. The van der Waals surface area contributed by atoms with E-state index < -0.39 is 0 Å². The fraction of sp³-hybridized carbons (Fsp3) is 0.438. The lowest BCUT2D eigenvalue weighted by Crippen LogP contribution is -2.37. The van der Waals surface area contributed by atoms with Crippen LogP contribution in [0.5, 0.6) is 5.75 Å². The van der Waals surface area contributed by atoms with Crippen molar-refractivity contribution >= 4 is 0 Å². The maximum absolute atomic E-state index is 9.57. The molecule has 0 aliphatic carbocycles. The fourth-order valence-corrected chi connectivity index (χ4v) is 4.96. The Bertz CT molecular complexity index is 977. The van der Waals surface area contributed by atoms with Crippen molar-refractivity contribution in [3.05, 3.63) is 101 Å². The molecule has 0 fully saturated rings. The van der Waals surface area contributed by atoms with Crippen LogP contribution in [0.2, 0.25) is 0 Å². The number of unbranched alkanes of at least 4 members (excludes halogenated alkanes) is 1. The highest BCUT2D eigenvalue weighted by molar-refractivity contribution is 5.45. The van der Waals surface area contributed by atoms with Crippen LogP contribution in [-0.4, -0.2) is 35.2 Å². The van der Waals surface area contributed by atoms with E-state index in [4.69, 9.17) is 4.74 Å². The molecule has 0 bridgehead atoms. The van der Waals surface area contributed by atoms with Gasteiger partial charge in [-0.15, -0.1) is 0 Å². The predicted octanol–water partition coefficient (Wildman–Crippen LogP) is 7.22. The zero-order chi connectivity index (χ0) is 25.0. The topological polar surface area (TPSA) is 32.7 Å². The minimum absolute atomic E-state index is 0.153. The summed E-state index contributed by atoms with van der Waals surface area (Å²) >= 11 is 0. The van der Waals surface area contributed by atoms with Gasteiger partial charge in [0.1, 0.15) is 12.4 Å². The first-order chi connectivity index (χ1) is 17.0. The molecule has 3 aromatic rings. The molecule has 0 radical (unpaired) electrons. The second-order valence-corrected chi connectivity index (χ2v) is 10.0. The summed E-state index contributed by atoms with van der Waals surface area (Å²) in [6, 6.07) is 28.7. The molecule has 3 aromatic carbocycles. The van der Waals surface area contributed by atoms with E-state index in [1.807, 2.05) is 18.2 Å². The molecule has 0 aliphatic rings. The maximum atomic E-state index is 9.57. The van der Waals surface area contributed by atoms with Gasteiger partial charge >= 0.3 is 0 Å². The molecule has 0 heterocycles. The molecule has 1 N–H and O–H groups in total. The van der Waals surface area contributed by atoms with Crippen LogP contribution in [0, 0.1) is 0 Å². The summed E-state index contributed by atoms with van der Waals surface area (Å²) in [6.07, 6.45) is 4.05. The van der Waals surface area contributed by atoms with Crippen LogP contribution in [0.25, 0.3) is 0 Å². The van der Waals surface area contributed by atoms with Crippen molar-refractivity contribution in [2.45, 2.75) is 78.0 Å². The molecule has 3 heteroatoms. The van der Waals surface area contributed by atoms with Gasteiger partial charge in [-0.2, -0.15) is 0 Å². The number of hydrogen-bond acceptors (Lipinski definition) is 3. The summed E-state index contributed by atoms with van der Waals surface area (Å²) < 4.78 is 6.40. The molecule has 35 heavy (non-hydrogen) atoms. The molecule has 0 spiro atoms. The van der Waals surface area contributed by atoms with Gasteiger partial charge < -0.3 is 9.84 Å². The number of aliphatic hydroxyl groups excluding tert-OH is 1. The van der Waals surface area contributed by atoms with E-state index >= 15 is 0 Å². The van der Waals surface area contributed by atoms with Gasteiger partial charge in [-0.25, -0.2) is 0 Å². The summed E-state index contributed by atoms with van der Waals surface area (Å²) in [5.74, 6) is 1.20. The minimum atomic E-state index is 0.153. The number of benzene rings is 3. The summed E-state index contributed by atoms with van der Waals surface area (Å²) in [6.45, 7) is 11.0. The van der Waals surface area contributed by atoms with Crippen molar-refractivity contribution < 1.29 is 9.84 Å². The van der Waals surface area contributed by atoms with Crippen LogP contribution in [0.1, 0.15) is 75.1 Å². The van der Waals surface area contributed by atoms with E-state index in [9.17, 15) is 5.11 Å². The van der Waals surface area contributed by atoms with Gasteiger partial charge in [0.25, 0.3) is 0 Å². The van der Waals surface area contributed by atoms with Crippen molar-refractivity contribution in [1.29, 1.82) is 0 Å². The normalized spacial score (nSPS) is 12.5. The Morgan fingerprint density at radius 3 is 2.06 bits per heavy atom. The maximum Gasteiger partial charge on any atom is 0.123 e. The molecular weight excluding hydrogens is 430 g/mol. The van der Waals surface area contributed by atoms with E-state index in [-0.39, 0.29) is 12.5 Å². The molecule has 0 aromatic heterocycles. The van der Waals surface area contributed by atoms with Gasteiger partial charge in [0.15, 0.2) is 0 Å². The average Bonchev–Trinajstić information content (AvgIpc) is 2.86. The molecular formula is C32H43NO2. The zero-order valence-corrected chi connectivity index (χ0v) is 22.0.